The van der Waals surface area contributed by atoms with Crippen molar-refractivity contribution < 1.29 is 9.84 Å². The number of para-hydroxylation sites is 1. The molecular formula is C26H35NO2. The number of aliphatic hydroxyl groups is 1. The molecule has 29 heavy (non-hydrogen) atoms. The average molecular weight is 394 g/mol. The Hall–Kier alpha value is -1.84. The van der Waals surface area contributed by atoms with E-state index in [9.17, 15) is 5.11 Å². The van der Waals surface area contributed by atoms with E-state index in [0.29, 0.717) is 5.92 Å². The number of aryl methyl sites for hydroxylation is 2. The minimum atomic E-state index is -0.368. The Morgan fingerprint density at radius 2 is 2.00 bits per heavy atom. The molecule has 2 aromatic carbocycles. The highest BCUT2D eigenvalue weighted by Gasteiger charge is 2.36. The van der Waals surface area contributed by atoms with E-state index < -0.39 is 0 Å². The number of hydrogen-bond donors (Lipinski definition) is 2. The molecule has 3 N–H and O–H groups in total. The van der Waals surface area contributed by atoms with Gasteiger partial charge in [-0.25, -0.2) is 0 Å². The monoisotopic (exact) mass is 393 g/mol. The molecule has 0 saturated heterocycles. The lowest BCUT2D eigenvalue weighted by Crippen LogP contribution is -2.40. The maximum absolute atomic E-state index is 9.55. The molecule has 0 radical (unpaired) electrons. The second-order valence-electron chi connectivity index (χ2n) is 9.30. The Kier molecular flexibility index (Phi) is 6.26. The Morgan fingerprint density at radius 1 is 1.14 bits per heavy atom. The maximum atomic E-state index is 9.55. The van der Waals surface area contributed by atoms with Gasteiger partial charge in [0.25, 0.3) is 0 Å². The molecule has 0 spiro atoms. The molecule has 0 aromatic heterocycles. The van der Waals surface area contributed by atoms with Gasteiger partial charge in [-0.15, -0.1) is 0 Å². The van der Waals surface area contributed by atoms with Gasteiger partial charge in [0.15, 0.2) is 0 Å². The van der Waals surface area contributed by atoms with Crippen LogP contribution in [0.4, 0.5) is 0 Å². The number of aliphatic hydroxyl groups excluding tert-OH is 1. The van der Waals surface area contributed by atoms with Crippen molar-refractivity contribution in [3.63, 3.8) is 0 Å². The van der Waals surface area contributed by atoms with Crippen LogP contribution < -0.4 is 10.5 Å². The standard InChI is InChI=1S/C26H35NO2/c1-29-25-8-3-2-6-20(25)7-4-5-19-9-10-22-16-23(12-11-21(22)15-19)24-13-14-26(27,17-24)18-28/h2-3,6,8,11-12,16,19,24,28H,4-5,7,9-10,13-15,17-18,27H2,1H3/t19-,24+,26-/m1/s1. The van der Waals surface area contributed by atoms with Gasteiger partial charge in [0.2, 0.25) is 0 Å². The van der Waals surface area contributed by atoms with Gasteiger partial charge in [0.1, 0.15) is 5.75 Å². The molecular weight excluding hydrogens is 358 g/mol. The van der Waals surface area contributed by atoms with Crippen molar-refractivity contribution in [3.8, 4) is 5.75 Å². The molecule has 2 aromatic rings. The third-order valence-corrected chi connectivity index (χ3v) is 7.24. The van der Waals surface area contributed by atoms with Crippen LogP contribution in [0.25, 0.3) is 0 Å². The van der Waals surface area contributed by atoms with Crippen molar-refractivity contribution in [3.05, 3.63) is 64.7 Å². The van der Waals surface area contributed by atoms with E-state index in [0.717, 1.165) is 37.4 Å². The third kappa shape index (κ3) is 4.67. The van der Waals surface area contributed by atoms with Crippen LogP contribution in [0.15, 0.2) is 42.5 Å². The summed E-state index contributed by atoms with van der Waals surface area (Å²) in [4.78, 5) is 0. The quantitative estimate of drug-likeness (QED) is 0.712. The lowest BCUT2D eigenvalue weighted by molar-refractivity contribution is 0.198. The number of ether oxygens (including phenoxy) is 1. The normalized spacial score (nSPS) is 26.3. The van der Waals surface area contributed by atoms with Gasteiger partial charge in [-0.1, -0.05) is 36.4 Å². The van der Waals surface area contributed by atoms with E-state index in [1.54, 1.807) is 18.2 Å². The minimum absolute atomic E-state index is 0.102. The first-order valence-electron chi connectivity index (χ1n) is 11.2. The van der Waals surface area contributed by atoms with E-state index >= 15 is 0 Å². The topological polar surface area (TPSA) is 55.5 Å². The summed E-state index contributed by atoms with van der Waals surface area (Å²) in [5.74, 6) is 2.32. The smallest absolute Gasteiger partial charge is 0.122 e. The highest BCUT2D eigenvalue weighted by atomic mass is 16.5. The number of fused-ring (bicyclic) bond motifs is 1. The fraction of sp³-hybridized carbons (Fsp3) is 0.538. The summed E-state index contributed by atoms with van der Waals surface area (Å²) in [7, 11) is 1.76. The highest BCUT2D eigenvalue weighted by Crippen LogP contribution is 2.41. The van der Waals surface area contributed by atoms with E-state index in [4.69, 9.17) is 10.5 Å². The van der Waals surface area contributed by atoms with E-state index in [1.807, 2.05) is 6.07 Å². The van der Waals surface area contributed by atoms with Crippen LogP contribution in [0.3, 0.4) is 0 Å². The SMILES string of the molecule is COc1ccccc1CCC[C@@H]1CCc2cc([C@H]3CC[C@](N)(CO)C3)ccc2C1. The molecule has 1 fully saturated rings. The Balaban J connectivity index is 1.32. The molecule has 0 unspecified atom stereocenters. The molecule has 2 aliphatic carbocycles. The number of rotatable bonds is 7. The first-order valence-corrected chi connectivity index (χ1v) is 11.2. The maximum Gasteiger partial charge on any atom is 0.122 e. The average Bonchev–Trinajstić information content (AvgIpc) is 3.16. The molecule has 2 aliphatic rings. The minimum Gasteiger partial charge on any atom is -0.496 e. The molecule has 3 atom stereocenters. The van der Waals surface area contributed by atoms with Crippen LogP contribution in [0.2, 0.25) is 0 Å². The van der Waals surface area contributed by atoms with Gasteiger partial charge < -0.3 is 15.6 Å². The molecule has 3 heteroatoms. The van der Waals surface area contributed by atoms with Crippen LogP contribution in [0.5, 0.6) is 5.75 Å². The molecule has 4 rings (SSSR count). The van der Waals surface area contributed by atoms with Crippen molar-refractivity contribution in [1.82, 2.24) is 0 Å². The lowest BCUT2D eigenvalue weighted by atomic mass is 9.79. The summed E-state index contributed by atoms with van der Waals surface area (Å²) in [6.07, 6.45) is 10.2. The number of benzene rings is 2. The Morgan fingerprint density at radius 3 is 2.79 bits per heavy atom. The van der Waals surface area contributed by atoms with Crippen molar-refractivity contribution in [1.29, 1.82) is 0 Å². The van der Waals surface area contributed by atoms with Gasteiger partial charge in [0.05, 0.1) is 13.7 Å². The van der Waals surface area contributed by atoms with Crippen LogP contribution in [0.1, 0.15) is 66.7 Å². The number of hydrogen-bond acceptors (Lipinski definition) is 3. The summed E-state index contributed by atoms with van der Waals surface area (Å²) >= 11 is 0. The third-order valence-electron chi connectivity index (χ3n) is 7.24. The largest absolute Gasteiger partial charge is 0.496 e. The molecule has 1 saturated carbocycles. The van der Waals surface area contributed by atoms with Gasteiger partial charge in [-0.2, -0.15) is 0 Å². The predicted octanol–water partition coefficient (Wildman–Crippen LogP) is 4.78. The number of methoxy groups -OCH3 is 1. The highest BCUT2D eigenvalue weighted by molar-refractivity contribution is 5.37. The summed E-state index contributed by atoms with van der Waals surface area (Å²) in [6.45, 7) is 0.102. The van der Waals surface area contributed by atoms with Crippen molar-refractivity contribution in [2.45, 2.75) is 69.2 Å². The molecule has 0 bridgehead atoms. The van der Waals surface area contributed by atoms with Gasteiger partial charge in [0, 0.05) is 5.54 Å². The first-order chi connectivity index (χ1) is 14.1. The van der Waals surface area contributed by atoms with E-state index in [-0.39, 0.29) is 12.1 Å². The zero-order valence-electron chi connectivity index (χ0n) is 17.7. The van der Waals surface area contributed by atoms with Crippen molar-refractivity contribution in [2.75, 3.05) is 13.7 Å². The summed E-state index contributed by atoms with van der Waals surface area (Å²) in [5, 5.41) is 9.55. The van der Waals surface area contributed by atoms with E-state index in [2.05, 4.69) is 36.4 Å². The van der Waals surface area contributed by atoms with Crippen molar-refractivity contribution in [2.24, 2.45) is 11.7 Å². The second kappa shape index (κ2) is 8.89. The number of nitrogens with two attached hydrogens (primary N) is 1. The van der Waals surface area contributed by atoms with Crippen LogP contribution >= 0.6 is 0 Å². The first kappa shape index (κ1) is 20.4. The molecule has 156 valence electrons. The molecule has 0 amide bonds. The molecule has 0 aliphatic heterocycles. The van der Waals surface area contributed by atoms with Crippen LogP contribution in [-0.4, -0.2) is 24.4 Å². The second-order valence-corrected chi connectivity index (χ2v) is 9.30. The molecule has 0 heterocycles. The zero-order valence-corrected chi connectivity index (χ0v) is 17.7. The van der Waals surface area contributed by atoms with Crippen LogP contribution in [-0.2, 0) is 19.3 Å². The summed E-state index contributed by atoms with van der Waals surface area (Å²) in [5.41, 5.74) is 11.8. The van der Waals surface area contributed by atoms with Gasteiger partial charge in [-0.3, -0.25) is 0 Å². The fourth-order valence-electron chi connectivity index (χ4n) is 5.43. The lowest BCUT2D eigenvalue weighted by Gasteiger charge is -2.26. The predicted molar refractivity (Wildman–Crippen MR) is 118 cm³/mol. The van der Waals surface area contributed by atoms with E-state index in [1.165, 1.54) is 43.2 Å². The Bertz CT molecular complexity index is 833. The fourth-order valence-corrected chi connectivity index (χ4v) is 5.43. The van der Waals surface area contributed by atoms with Gasteiger partial charge >= 0.3 is 0 Å². The Labute approximate surface area is 175 Å². The van der Waals surface area contributed by atoms with Crippen LogP contribution in [0, 0.1) is 5.92 Å². The zero-order chi connectivity index (χ0) is 20.3. The summed E-state index contributed by atoms with van der Waals surface area (Å²) in [6, 6.07) is 15.5. The summed E-state index contributed by atoms with van der Waals surface area (Å²) < 4.78 is 5.49. The molecule has 3 nitrogen and oxygen atoms in total. The van der Waals surface area contributed by atoms with Crippen molar-refractivity contribution >= 4 is 0 Å². The van der Waals surface area contributed by atoms with Gasteiger partial charge in [-0.05, 0) is 97.9 Å².